The third-order valence-corrected chi connectivity index (χ3v) is 4.31. The molecule has 104 valence electrons. The van der Waals surface area contributed by atoms with Crippen molar-refractivity contribution < 1.29 is 4.39 Å². The molecular weight excluding hydrogens is 261 g/mol. The molecule has 0 unspecified atom stereocenters. The number of nitrogens with one attached hydrogen (secondary N) is 1. The number of halogens is 1. The van der Waals surface area contributed by atoms with Gasteiger partial charge in [0.25, 0.3) is 0 Å². The van der Waals surface area contributed by atoms with Gasteiger partial charge in [-0.3, -0.25) is 0 Å². The molecule has 0 aromatic heterocycles. The molecule has 0 spiro atoms. The first-order chi connectivity index (χ1) is 8.94. The lowest BCUT2D eigenvalue weighted by atomic mass is 9.75. The molecule has 5 heteroatoms. The van der Waals surface area contributed by atoms with E-state index in [9.17, 15) is 4.39 Å². The Balaban J connectivity index is 2.04. The maximum atomic E-state index is 13.8. The van der Waals surface area contributed by atoms with Crippen LogP contribution in [0.2, 0.25) is 0 Å². The summed E-state index contributed by atoms with van der Waals surface area (Å²) in [5.41, 5.74) is 6.72. The minimum absolute atomic E-state index is 0.0906. The molecule has 0 saturated heterocycles. The highest BCUT2D eigenvalue weighted by atomic mass is 32.1. The summed E-state index contributed by atoms with van der Waals surface area (Å²) in [4.78, 5) is 2.34. The number of benzene rings is 1. The zero-order valence-electron chi connectivity index (χ0n) is 11.4. The van der Waals surface area contributed by atoms with Gasteiger partial charge < -0.3 is 16.0 Å². The summed E-state index contributed by atoms with van der Waals surface area (Å²) in [6.07, 6.45) is 3.62. The van der Waals surface area contributed by atoms with Crippen molar-refractivity contribution in [1.29, 1.82) is 0 Å². The topological polar surface area (TPSA) is 41.3 Å². The average molecular weight is 281 g/mol. The summed E-state index contributed by atoms with van der Waals surface area (Å²) in [7, 11) is 4.19. The summed E-state index contributed by atoms with van der Waals surface area (Å²) in [6.45, 7) is 0.825. The van der Waals surface area contributed by atoms with Crippen LogP contribution >= 0.6 is 12.2 Å². The maximum absolute atomic E-state index is 13.8. The molecular formula is C14H20FN3S. The number of hydrogen-bond donors (Lipinski definition) is 2. The molecule has 0 amide bonds. The van der Waals surface area contributed by atoms with Gasteiger partial charge in [-0.05, 0) is 51.6 Å². The number of rotatable bonds is 5. The molecule has 0 heterocycles. The Hall–Kier alpha value is -1.20. The van der Waals surface area contributed by atoms with Gasteiger partial charge in [0.1, 0.15) is 10.8 Å². The Kier molecular flexibility index (Phi) is 4.06. The predicted octanol–water partition coefficient (Wildman–Crippen LogP) is 2.36. The molecule has 0 bridgehead atoms. The molecule has 1 aliphatic carbocycles. The van der Waals surface area contributed by atoms with E-state index in [4.69, 9.17) is 18.0 Å². The predicted molar refractivity (Wildman–Crippen MR) is 81.0 cm³/mol. The first-order valence-corrected chi connectivity index (χ1v) is 6.86. The highest BCUT2D eigenvalue weighted by Gasteiger charge is 2.38. The second-order valence-electron chi connectivity index (χ2n) is 5.38. The molecule has 0 radical (unpaired) electrons. The molecule has 1 aromatic carbocycles. The Morgan fingerprint density at radius 3 is 2.58 bits per heavy atom. The van der Waals surface area contributed by atoms with Crippen LogP contribution in [0.4, 0.5) is 10.1 Å². The van der Waals surface area contributed by atoms with E-state index in [0.29, 0.717) is 5.56 Å². The standard InChI is InChI=1S/C14H20FN3S/c1-18(2)14(6-3-7-14)9-17-10-4-5-11(13(16)19)12(15)8-10/h4-5,8,17H,3,6-7,9H2,1-2H3,(H2,16,19). The number of nitrogens with two attached hydrogens (primary N) is 1. The van der Waals surface area contributed by atoms with E-state index in [2.05, 4.69) is 24.3 Å². The van der Waals surface area contributed by atoms with E-state index in [1.807, 2.05) is 6.07 Å². The van der Waals surface area contributed by atoms with E-state index in [-0.39, 0.29) is 16.3 Å². The van der Waals surface area contributed by atoms with Crippen molar-refractivity contribution in [3.8, 4) is 0 Å². The Bertz CT molecular complexity index is 484. The summed E-state index contributed by atoms with van der Waals surface area (Å²) in [6, 6.07) is 4.90. The lowest BCUT2D eigenvalue weighted by Gasteiger charge is -2.47. The number of thiocarbonyl (C=S) groups is 1. The fourth-order valence-electron chi connectivity index (χ4n) is 2.46. The van der Waals surface area contributed by atoms with Crippen molar-refractivity contribution in [1.82, 2.24) is 4.90 Å². The maximum Gasteiger partial charge on any atom is 0.135 e. The fraction of sp³-hybridized carbons (Fsp3) is 0.500. The third-order valence-electron chi connectivity index (χ3n) is 4.09. The van der Waals surface area contributed by atoms with Crippen LogP contribution in [0.25, 0.3) is 0 Å². The quantitative estimate of drug-likeness (QED) is 0.813. The van der Waals surface area contributed by atoms with Crippen LogP contribution in [-0.4, -0.2) is 36.1 Å². The molecule has 2 rings (SSSR count). The normalized spacial score (nSPS) is 17.1. The summed E-state index contributed by atoms with van der Waals surface area (Å²) in [5.74, 6) is -0.370. The van der Waals surface area contributed by atoms with Crippen LogP contribution in [0.5, 0.6) is 0 Å². The van der Waals surface area contributed by atoms with E-state index in [1.165, 1.54) is 25.3 Å². The van der Waals surface area contributed by atoms with Crippen molar-refractivity contribution in [2.75, 3.05) is 26.0 Å². The first-order valence-electron chi connectivity index (χ1n) is 6.45. The van der Waals surface area contributed by atoms with E-state index in [0.717, 1.165) is 12.2 Å². The second-order valence-corrected chi connectivity index (χ2v) is 5.82. The molecule has 1 saturated carbocycles. The first kappa shape index (κ1) is 14.2. The van der Waals surface area contributed by atoms with Gasteiger partial charge in [-0.25, -0.2) is 4.39 Å². The van der Waals surface area contributed by atoms with E-state index < -0.39 is 0 Å². The lowest BCUT2D eigenvalue weighted by Crippen LogP contribution is -2.54. The smallest absolute Gasteiger partial charge is 0.135 e. The largest absolute Gasteiger partial charge is 0.389 e. The summed E-state index contributed by atoms with van der Waals surface area (Å²) < 4.78 is 13.8. The number of likely N-dealkylation sites (N-methyl/N-ethyl adjacent to an activating group) is 1. The van der Waals surface area contributed by atoms with E-state index in [1.54, 1.807) is 6.07 Å². The minimum atomic E-state index is -0.370. The van der Waals surface area contributed by atoms with Crippen LogP contribution in [0, 0.1) is 5.82 Å². The van der Waals surface area contributed by atoms with Crippen LogP contribution in [0.1, 0.15) is 24.8 Å². The van der Waals surface area contributed by atoms with Gasteiger partial charge in [-0.15, -0.1) is 0 Å². The van der Waals surface area contributed by atoms with Gasteiger partial charge in [0.15, 0.2) is 0 Å². The molecule has 0 aliphatic heterocycles. The molecule has 0 atom stereocenters. The second kappa shape index (κ2) is 5.43. The fourth-order valence-corrected chi connectivity index (χ4v) is 2.62. The molecule has 3 N–H and O–H groups in total. The lowest BCUT2D eigenvalue weighted by molar-refractivity contribution is 0.0739. The van der Waals surface area contributed by atoms with Gasteiger partial charge in [0.05, 0.1) is 0 Å². The van der Waals surface area contributed by atoms with Gasteiger partial charge in [0, 0.05) is 23.3 Å². The zero-order valence-corrected chi connectivity index (χ0v) is 12.2. The van der Waals surface area contributed by atoms with Crippen molar-refractivity contribution in [2.24, 2.45) is 5.73 Å². The van der Waals surface area contributed by atoms with Crippen molar-refractivity contribution >= 4 is 22.9 Å². The van der Waals surface area contributed by atoms with Crippen molar-refractivity contribution in [3.05, 3.63) is 29.6 Å². The van der Waals surface area contributed by atoms with Gasteiger partial charge >= 0.3 is 0 Å². The number of hydrogen-bond acceptors (Lipinski definition) is 3. The van der Waals surface area contributed by atoms with Crippen LogP contribution in [-0.2, 0) is 0 Å². The minimum Gasteiger partial charge on any atom is -0.389 e. The highest BCUT2D eigenvalue weighted by Crippen LogP contribution is 2.36. The monoisotopic (exact) mass is 281 g/mol. The third kappa shape index (κ3) is 2.87. The summed E-state index contributed by atoms with van der Waals surface area (Å²) >= 11 is 4.79. The summed E-state index contributed by atoms with van der Waals surface area (Å²) in [5, 5.41) is 3.31. The van der Waals surface area contributed by atoms with Crippen LogP contribution < -0.4 is 11.1 Å². The van der Waals surface area contributed by atoms with E-state index >= 15 is 0 Å². The van der Waals surface area contributed by atoms with Gasteiger partial charge in [-0.1, -0.05) is 12.2 Å². The van der Waals surface area contributed by atoms with Crippen molar-refractivity contribution in [2.45, 2.75) is 24.8 Å². The molecule has 1 aliphatic rings. The Labute approximate surface area is 119 Å². The van der Waals surface area contributed by atoms with Crippen molar-refractivity contribution in [3.63, 3.8) is 0 Å². The average Bonchev–Trinajstić information content (AvgIpc) is 2.26. The molecule has 19 heavy (non-hydrogen) atoms. The SMILES string of the molecule is CN(C)C1(CNc2ccc(C(N)=S)c(F)c2)CCC1. The van der Waals surface area contributed by atoms with Crippen LogP contribution in [0.3, 0.4) is 0 Å². The molecule has 3 nitrogen and oxygen atoms in total. The van der Waals surface area contributed by atoms with Gasteiger partial charge in [-0.2, -0.15) is 0 Å². The number of anilines is 1. The Morgan fingerprint density at radius 2 is 2.16 bits per heavy atom. The zero-order chi connectivity index (χ0) is 14.0. The molecule has 1 fully saturated rings. The van der Waals surface area contributed by atoms with Crippen LogP contribution in [0.15, 0.2) is 18.2 Å². The highest BCUT2D eigenvalue weighted by molar-refractivity contribution is 7.80. The number of nitrogens with zero attached hydrogens (tertiary/aromatic N) is 1. The molecule has 1 aromatic rings. The Morgan fingerprint density at radius 1 is 1.47 bits per heavy atom. The van der Waals surface area contributed by atoms with Gasteiger partial charge in [0.2, 0.25) is 0 Å².